The first-order valence-electron chi connectivity index (χ1n) is 4.99. The average Bonchev–Trinajstić information content (AvgIpc) is 2.17. The molecule has 0 spiro atoms. The summed E-state index contributed by atoms with van der Waals surface area (Å²) in [5.41, 5.74) is 5.09. The highest BCUT2D eigenvalue weighted by Gasteiger charge is 2.41. The van der Waals surface area contributed by atoms with E-state index in [9.17, 15) is 18.0 Å². The first-order valence-corrected chi connectivity index (χ1v) is 4.99. The van der Waals surface area contributed by atoms with Gasteiger partial charge in [-0.25, -0.2) is 0 Å². The molecule has 16 heavy (non-hydrogen) atoms. The van der Waals surface area contributed by atoms with Crippen molar-refractivity contribution in [3.05, 3.63) is 0 Å². The number of rotatable bonds is 2. The Bertz CT molecular complexity index is 227. The van der Waals surface area contributed by atoms with E-state index in [0.29, 0.717) is 12.8 Å². The minimum absolute atomic E-state index is 0. The summed E-state index contributed by atoms with van der Waals surface area (Å²) in [6.07, 6.45) is -3.13. The summed E-state index contributed by atoms with van der Waals surface area (Å²) >= 11 is 0. The lowest BCUT2D eigenvalue weighted by Crippen LogP contribution is -2.42. The number of hydrogen-bond donors (Lipinski definition) is 2. The third-order valence-electron chi connectivity index (χ3n) is 2.74. The van der Waals surface area contributed by atoms with E-state index in [1.54, 1.807) is 0 Å². The molecule has 0 unspecified atom stereocenters. The van der Waals surface area contributed by atoms with Crippen LogP contribution in [-0.2, 0) is 4.79 Å². The van der Waals surface area contributed by atoms with E-state index in [2.05, 4.69) is 5.32 Å². The zero-order chi connectivity index (χ0) is 11.5. The molecule has 3 N–H and O–H groups in total. The van der Waals surface area contributed by atoms with Crippen molar-refractivity contribution in [2.45, 2.75) is 37.9 Å². The normalized spacial score (nSPS) is 25.8. The van der Waals surface area contributed by atoms with Gasteiger partial charge in [-0.1, -0.05) is 0 Å². The lowest BCUT2D eigenvalue weighted by atomic mass is 9.85. The van der Waals surface area contributed by atoms with Gasteiger partial charge in [0.25, 0.3) is 0 Å². The van der Waals surface area contributed by atoms with Crippen LogP contribution in [-0.4, -0.2) is 24.7 Å². The standard InChI is InChI=1S/C9H15F3N2O.ClH/c10-9(11,12)6-1-3-7(4-2-6)14-8(15)5-13;/h6-7H,1-5,13H2,(H,14,15);1H. The van der Waals surface area contributed by atoms with E-state index in [0.717, 1.165) is 0 Å². The second kappa shape index (κ2) is 6.30. The fourth-order valence-electron chi connectivity index (χ4n) is 1.85. The highest BCUT2D eigenvalue weighted by atomic mass is 35.5. The Balaban J connectivity index is 0.00000225. The lowest BCUT2D eigenvalue weighted by Gasteiger charge is -2.30. The maximum atomic E-state index is 12.3. The molecule has 96 valence electrons. The molecule has 0 bridgehead atoms. The SMILES string of the molecule is Cl.NCC(=O)NC1CCC(C(F)(F)F)CC1. The molecule has 0 atom stereocenters. The summed E-state index contributed by atoms with van der Waals surface area (Å²) < 4.78 is 36.9. The van der Waals surface area contributed by atoms with Gasteiger partial charge in [-0.15, -0.1) is 12.4 Å². The van der Waals surface area contributed by atoms with E-state index in [-0.39, 0.29) is 43.7 Å². The molecule has 1 fully saturated rings. The molecule has 0 aliphatic heterocycles. The van der Waals surface area contributed by atoms with Gasteiger partial charge in [-0.2, -0.15) is 13.2 Å². The monoisotopic (exact) mass is 260 g/mol. The third-order valence-corrected chi connectivity index (χ3v) is 2.74. The van der Waals surface area contributed by atoms with Crippen LogP contribution in [0.25, 0.3) is 0 Å². The van der Waals surface area contributed by atoms with Crippen LogP contribution in [0.3, 0.4) is 0 Å². The Morgan fingerprint density at radius 2 is 1.75 bits per heavy atom. The van der Waals surface area contributed by atoms with Gasteiger partial charge in [0, 0.05) is 6.04 Å². The Labute approximate surface area is 98.4 Å². The van der Waals surface area contributed by atoms with Crippen molar-refractivity contribution in [3.8, 4) is 0 Å². The van der Waals surface area contributed by atoms with E-state index >= 15 is 0 Å². The van der Waals surface area contributed by atoms with Gasteiger partial charge in [0.15, 0.2) is 0 Å². The smallest absolute Gasteiger partial charge is 0.352 e. The lowest BCUT2D eigenvalue weighted by molar-refractivity contribution is -0.182. The second-order valence-electron chi connectivity index (χ2n) is 3.86. The predicted molar refractivity (Wildman–Crippen MR) is 56.2 cm³/mol. The minimum Gasteiger partial charge on any atom is -0.352 e. The molecule has 1 rings (SSSR count). The molecule has 0 aromatic heterocycles. The molecule has 7 heteroatoms. The number of hydrogen-bond acceptors (Lipinski definition) is 2. The number of carbonyl (C=O) groups excluding carboxylic acids is 1. The first-order chi connectivity index (χ1) is 6.93. The van der Waals surface area contributed by atoms with Gasteiger partial charge >= 0.3 is 6.18 Å². The maximum Gasteiger partial charge on any atom is 0.391 e. The molecule has 1 saturated carbocycles. The van der Waals surface area contributed by atoms with Crippen molar-refractivity contribution in [3.63, 3.8) is 0 Å². The van der Waals surface area contributed by atoms with Crippen LogP contribution in [0.4, 0.5) is 13.2 Å². The number of halogens is 4. The van der Waals surface area contributed by atoms with Crippen LogP contribution in [0.2, 0.25) is 0 Å². The molecule has 1 amide bonds. The molecule has 0 radical (unpaired) electrons. The molecule has 1 aliphatic rings. The number of nitrogens with two attached hydrogens (primary N) is 1. The molecule has 0 heterocycles. The molecular formula is C9H16ClF3N2O. The Hall–Kier alpha value is -0.490. The van der Waals surface area contributed by atoms with Crippen molar-refractivity contribution >= 4 is 18.3 Å². The topological polar surface area (TPSA) is 55.1 Å². The van der Waals surface area contributed by atoms with Crippen molar-refractivity contribution < 1.29 is 18.0 Å². The van der Waals surface area contributed by atoms with Crippen LogP contribution in [0.5, 0.6) is 0 Å². The van der Waals surface area contributed by atoms with Crippen LogP contribution < -0.4 is 11.1 Å². The quantitative estimate of drug-likeness (QED) is 0.792. The van der Waals surface area contributed by atoms with E-state index in [1.807, 2.05) is 0 Å². The molecular weight excluding hydrogens is 245 g/mol. The largest absolute Gasteiger partial charge is 0.391 e. The van der Waals surface area contributed by atoms with E-state index in [1.165, 1.54) is 0 Å². The molecule has 0 saturated heterocycles. The second-order valence-corrected chi connectivity index (χ2v) is 3.86. The third kappa shape index (κ3) is 4.57. The molecule has 3 nitrogen and oxygen atoms in total. The molecule has 1 aliphatic carbocycles. The number of amides is 1. The maximum absolute atomic E-state index is 12.3. The van der Waals surface area contributed by atoms with Gasteiger partial charge in [-0.3, -0.25) is 4.79 Å². The number of carbonyl (C=O) groups is 1. The summed E-state index contributed by atoms with van der Waals surface area (Å²) in [5.74, 6) is -1.51. The predicted octanol–water partition coefficient (Wildman–Crippen LogP) is 1.60. The Morgan fingerprint density at radius 1 is 1.25 bits per heavy atom. The summed E-state index contributed by atoms with van der Waals surface area (Å²) in [4.78, 5) is 10.9. The first kappa shape index (κ1) is 15.5. The van der Waals surface area contributed by atoms with Crippen molar-refractivity contribution in [2.24, 2.45) is 11.7 Å². The van der Waals surface area contributed by atoms with Crippen LogP contribution >= 0.6 is 12.4 Å². The van der Waals surface area contributed by atoms with Crippen LogP contribution in [0, 0.1) is 5.92 Å². The van der Waals surface area contributed by atoms with Gasteiger partial charge < -0.3 is 11.1 Å². The molecule has 0 aromatic carbocycles. The summed E-state index contributed by atoms with van der Waals surface area (Å²) in [5, 5.41) is 2.61. The van der Waals surface area contributed by atoms with E-state index < -0.39 is 12.1 Å². The fraction of sp³-hybridized carbons (Fsp3) is 0.889. The van der Waals surface area contributed by atoms with Gasteiger partial charge in [0.2, 0.25) is 5.91 Å². The minimum atomic E-state index is -4.09. The van der Waals surface area contributed by atoms with Crippen molar-refractivity contribution in [2.75, 3.05) is 6.54 Å². The number of alkyl halides is 3. The number of nitrogens with one attached hydrogen (secondary N) is 1. The van der Waals surface area contributed by atoms with Crippen molar-refractivity contribution in [1.82, 2.24) is 5.32 Å². The Morgan fingerprint density at radius 3 is 2.12 bits per heavy atom. The fourth-order valence-corrected chi connectivity index (χ4v) is 1.85. The highest BCUT2D eigenvalue weighted by Crippen LogP contribution is 2.37. The average molecular weight is 261 g/mol. The summed E-state index contributed by atoms with van der Waals surface area (Å²) in [6, 6.07) is -0.139. The van der Waals surface area contributed by atoms with Gasteiger partial charge in [-0.05, 0) is 25.7 Å². The van der Waals surface area contributed by atoms with Gasteiger partial charge in [0.1, 0.15) is 0 Å². The highest BCUT2D eigenvalue weighted by molar-refractivity contribution is 5.85. The summed E-state index contributed by atoms with van der Waals surface area (Å²) in [7, 11) is 0. The van der Waals surface area contributed by atoms with Crippen molar-refractivity contribution in [1.29, 1.82) is 0 Å². The molecule has 0 aromatic rings. The van der Waals surface area contributed by atoms with Gasteiger partial charge in [0.05, 0.1) is 12.5 Å². The van der Waals surface area contributed by atoms with E-state index in [4.69, 9.17) is 5.73 Å². The Kier molecular flexibility index (Phi) is 6.10. The zero-order valence-corrected chi connectivity index (χ0v) is 9.53. The zero-order valence-electron chi connectivity index (χ0n) is 8.72. The van der Waals surface area contributed by atoms with Crippen LogP contribution in [0.1, 0.15) is 25.7 Å². The summed E-state index contributed by atoms with van der Waals surface area (Å²) in [6.45, 7) is -0.112. The van der Waals surface area contributed by atoms with Crippen LogP contribution in [0.15, 0.2) is 0 Å².